The Morgan fingerprint density at radius 3 is 2.57 bits per heavy atom. The highest BCUT2D eigenvalue weighted by atomic mass is 32.1. The van der Waals surface area contributed by atoms with Crippen LogP contribution in [-0.4, -0.2) is 0 Å². The molecule has 3 aromatic rings. The molecule has 0 aliphatic rings. The molecule has 0 N–H and O–H groups in total. The minimum Gasteiger partial charge on any atom is -0.141 e. The lowest BCUT2D eigenvalue weighted by atomic mass is 10.2. The van der Waals surface area contributed by atoms with Crippen LogP contribution in [0.3, 0.4) is 0 Å². The Labute approximate surface area is 90.8 Å². The van der Waals surface area contributed by atoms with Crippen LogP contribution in [0.4, 0.5) is 0 Å². The average molecular weight is 218 g/mol. The van der Waals surface area contributed by atoms with Gasteiger partial charge in [-0.05, 0) is 37.4 Å². The van der Waals surface area contributed by atoms with E-state index in [9.17, 15) is 0 Å². The third-order valence-corrected chi connectivity index (χ3v) is 4.54. The fourth-order valence-corrected chi connectivity index (χ4v) is 3.89. The van der Waals surface area contributed by atoms with Gasteiger partial charge in [0.25, 0.3) is 0 Å². The van der Waals surface area contributed by atoms with E-state index in [0.29, 0.717) is 0 Å². The molecular formula is C12H10S2. The molecule has 2 heterocycles. The van der Waals surface area contributed by atoms with Crippen LogP contribution in [0.5, 0.6) is 0 Å². The van der Waals surface area contributed by atoms with Crippen molar-refractivity contribution >= 4 is 42.8 Å². The first-order valence-electron chi connectivity index (χ1n) is 4.63. The zero-order chi connectivity index (χ0) is 9.71. The maximum atomic E-state index is 2.30. The molecule has 0 fully saturated rings. The summed E-state index contributed by atoms with van der Waals surface area (Å²) in [4.78, 5) is 2.80. The van der Waals surface area contributed by atoms with Crippen LogP contribution in [0.2, 0.25) is 0 Å². The van der Waals surface area contributed by atoms with E-state index in [0.717, 1.165) is 0 Å². The molecule has 70 valence electrons. The monoisotopic (exact) mass is 218 g/mol. The van der Waals surface area contributed by atoms with E-state index in [1.165, 1.54) is 29.9 Å². The lowest BCUT2D eigenvalue weighted by Gasteiger charge is -1.90. The molecule has 0 nitrogen and oxygen atoms in total. The van der Waals surface area contributed by atoms with Crippen molar-refractivity contribution in [3.63, 3.8) is 0 Å². The largest absolute Gasteiger partial charge is 0.141 e. The van der Waals surface area contributed by atoms with Crippen molar-refractivity contribution in [2.75, 3.05) is 0 Å². The van der Waals surface area contributed by atoms with Gasteiger partial charge in [0.1, 0.15) is 0 Å². The third-order valence-electron chi connectivity index (χ3n) is 2.43. The first-order chi connectivity index (χ1) is 6.74. The van der Waals surface area contributed by atoms with Crippen LogP contribution in [0, 0.1) is 13.8 Å². The minimum absolute atomic E-state index is 1.39. The summed E-state index contributed by atoms with van der Waals surface area (Å²) in [6.07, 6.45) is 0. The highest BCUT2D eigenvalue weighted by Gasteiger charge is 2.05. The summed E-state index contributed by atoms with van der Waals surface area (Å²) < 4.78 is 2.86. The van der Waals surface area contributed by atoms with Gasteiger partial charge in [-0.25, -0.2) is 0 Å². The normalized spacial score (nSPS) is 11.6. The van der Waals surface area contributed by atoms with Crippen molar-refractivity contribution in [1.82, 2.24) is 0 Å². The maximum absolute atomic E-state index is 2.30. The van der Waals surface area contributed by atoms with E-state index in [1.807, 2.05) is 22.7 Å². The van der Waals surface area contributed by atoms with Gasteiger partial charge >= 0.3 is 0 Å². The highest BCUT2D eigenvalue weighted by molar-refractivity contribution is 7.22. The van der Waals surface area contributed by atoms with E-state index >= 15 is 0 Å². The molecule has 2 heteroatoms. The number of fused-ring (bicyclic) bond motifs is 3. The Hall–Kier alpha value is -0.860. The predicted molar refractivity (Wildman–Crippen MR) is 66.7 cm³/mol. The summed E-state index contributed by atoms with van der Waals surface area (Å²) in [6, 6.07) is 9.04. The van der Waals surface area contributed by atoms with Crippen molar-refractivity contribution in [3.05, 3.63) is 34.0 Å². The first kappa shape index (κ1) is 8.45. The van der Waals surface area contributed by atoms with Crippen molar-refractivity contribution < 1.29 is 0 Å². The number of aryl methyl sites for hydroxylation is 2. The molecule has 0 saturated carbocycles. The van der Waals surface area contributed by atoms with Crippen LogP contribution in [0.25, 0.3) is 20.2 Å². The predicted octanol–water partition coefficient (Wildman–Crippen LogP) is 4.73. The smallest absolute Gasteiger partial charge is 0.0432 e. The van der Waals surface area contributed by atoms with Gasteiger partial charge in [0, 0.05) is 24.5 Å². The molecule has 0 radical (unpaired) electrons. The Bertz CT molecular complexity index is 558. The molecule has 0 atom stereocenters. The van der Waals surface area contributed by atoms with Crippen molar-refractivity contribution in [2.24, 2.45) is 0 Å². The zero-order valence-electron chi connectivity index (χ0n) is 8.13. The third kappa shape index (κ3) is 1.11. The summed E-state index contributed by atoms with van der Waals surface area (Å²) in [5, 5.41) is 2.82. The average Bonchev–Trinajstić information content (AvgIpc) is 2.65. The molecule has 0 aliphatic carbocycles. The van der Waals surface area contributed by atoms with Crippen molar-refractivity contribution in [3.8, 4) is 0 Å². The Kier molecular flexibility index (Phi) is 1.70. The van der Waals surface area contributed by atoms with Crippen LogP contribution in [0.15, 0.2) is 24.3 Å². The maximum Gasteiger partial charge on any atom is 0.0432 e. The van der Waals surface area contributed by atoms with Crippen molar-refractivity contribution in [1.29, 1.82) is 0 Å². The Morgan fingerprint density at radius 1 is 0.929 bits per heavy atom. The molecular weight excluding hydrogens is 208 g/mol. The van der Waals surface area contributed by atoms with E-state index < -0.39 is 0 Å². The van der Waals surface area contributed by atoms with Crippen LogP contribution in [0.1, 0.15) is 9.75 Å². The van der Waals surface area contributed by atoms with Gasteiger partial charge in [-0.1, -0.05) is 6.07 Å². The fraction of sp³-hybridized carbons (Fsp3) is 0.167. The standard InChI is InChI=1S/C12H10S2/c1-7-5-9-3-4-11-10(12(9)14-7)6-8(2)13-11/h3-6H,1-2H3. The van der Waals surface area contributed by atoms with Gasteiger partial charge in [-0.15, -0.1) is 22.7 Å². The van der Waals surface area contributed by atoms with Crippen LogP contribution >= 0.6 is 22.7 Å². The quantitative estimate of drug-likeness (QED) is 0.511. The first-order valence-corrected chi connectivity index (χ1v) is 6.26. The van der Waals surface area contributed by atoms with E-state index in [2.05, 4.69) is 38.1 Å². The molecule has 2 aromatic heterocycles. The molecule has 0 amide bonds. The lowest BCUT2D eigenvalue weighted by molar-refractivity contribution is 1.66. The van der Waals surface area contributed by atoms with Crippen LogP contribution in [-0.2, 0) is 0 Å². The lowest BCUT2D eigenvalue weighted by Crippen LogP contribution is -1.62. The number of rotatable bonds is 0. The van der Waals surface area contributed by atoms with E-state index in [-0.39, 0.29) is 0 Å². The minimum atomic E-state index is 1.39. The van der Waals surface area contributed by atoms with Gasteiger partial charge in [-0.3, -0.25) is 0 Å². The highest BCUT2D eigenvalue weighted by Crippen LogP contribution is 2.36. The molecule has 0 saturated heterocycles. The van der Waals surface area contributed by atoms with Crippen molar-refractivity contribution in [2.45, 2.75) is 13.8 Å². The second kappa shape index (κ2) is 2.81. The Balaban J connectivity index is 2.58. The topological polar surface area (TPSA) is 0 Å². The van der Waals surface area contributed by atoms with Gasteiger partial charge in [0.15, 0.2) is 0 Å². The van der Waals surface area contributed by atoms with E-state index in [4.69, 9.17) is 0 Å². The SMILES string of the molecule is Cc1cc2c(ccc3cc(C)sc32)s1. The molecule has 14 heavy (non-hydrogen) atoms. The molecule has 1 aromatic carbocycles. The summed E-state index contributed by atoms with van der Waals surface area (Å²) >= 11 is 3.78. The zero-order valence-corrected chi connectivity index (χ0v) is 9.76. The fourth-order valence-electron chi connectivity index (χ4n) is 1.87. The number of thiophene rings is 2. The van der Waals surface area contributed by atoms with Gasteiger partial charge in [-0.2, -0.15) is 0 Å². The summed E-state index contributed by atoms with van der Waals surface area (Å²) in [5.41, 5.74) is 0. The van der Waals surface area contributed by atoms with Crippen LogP contribution < -0.4 is 0 Å². The number of benzene rings is 1. The second-order valence-corrected chi connectivity index (χ2v) is 6.15. The number of hydrogen-bond acceptors (Lipinski definition) is 2. The summed E-state index contributed by atoms with van der Waals surface area (Å²) in [6.45, 7) is 4.35. The molecule has 0 bridgehead atoms. The second-order valence-electron chi connectivity index (χ2n) is 3.61. The van der Waals surface area contributed by atoms with Gasteiger partial charge in [0.2, 0.25) is 0 Å². The molecule has 0 spiro atoms. The molecule has 3 rings (SSSR count). The molecule has 0 aliphatic heterocycles. The summed E-state index contributed by atoms with van der Waals surface area (Å²) in [5.74, 6) is 0. The number of hydrogen-bond donors (Lipinski definition) is 0. The summed E-state index contributed by atoms with van der Waals surface area (Å²) in [7, 11) is 0. The van der Waals surface area contributed by atoms with Gasteiger partial charge in [0.05, 0.1) is 0 Å². The van der Waals surface area contributed by atoms with E-state index in [1.54, 1.807) is 0 Å². The molecule has 0 unspecified atom stereocenters. The Morgan fingerprint density at radius 2 is 1.71 bits per heavy atom. The van der Waals surface area contributed by atoms with Gasteiger partial charge < -0.3 is 0 Å².